The molecule has 1 atom stereocenters. The molecule has 1 unspecified atom stereocenters. The highest BCUT2D eigenvalue weighted by atomic mass is 35.5. The second kappa shape index (κ2) is 8.42. The van der Waals surface area contributed by atoms with Gasteiger partial charge in [0.2, 0.25) is 11.9 Å². The van der Waals surface area contributed by atoms with Crippen molar-refractivity contribution >= 4 is 46.7 Å². The number of imide groups is 1. The summed E-state index contributed by atoms with van der Waals surface area (Å²) < 4.78 is 1.95. The van der Waals surface area contributed by atoms with Crippen LogP contribution in [0.25, 0.3) is 0 Å². The lowest BCUT2D eigenvalue weighted by Gasteiger charge is -2.36. The van der Waals surface area contributed by atoms with E-state index < -0.39 is 6.04 Å². The predicted molar refractivity (Wildman–Crippen MR) is 127 cm³/mol. The number of urea groups is 1. The number of amidine groups is 1. The fraction of sp³-hybridized carbons (Fsp3) is 0.500. The molecule has 0 bridgehead atoms. The average molecular weight is 472 g/mol. The van der Waals surface area contributed by atoms with Gasteiger partial charge in [0, 0.05) is 57.5 Å². The molecule has 0 saturated carbocycles. The number of carbonyl (C=O) groups excluding carboxylic acids is 2. The van der Waals surface area contributed by atoms with E-state index in [9.17, 15) is 9.59 Å². The number of hydrogen-bond donors (Lipinski definition) is 0. The maximum absolute atomic E-state index is 12.9. The monoisotopic (exact) mass is 471 g/mol. The van der Waals surface area contributed by atoms with Gasteiger partial charge < -0.3 is 4.90 Å². The van der Waals surface area contributed by atoms with Crippen molar-refractivity contribution in [2.24, 2.45) is 10.1 Å². The molecule has 2 fully saturated rings. The van der Waals surface area contributed by atoms with E-state index in [0.717, 1.165) is 54.0 Å². The second-order valence-corrected chi connectivity index (χ2v) is 9.24. The van der Waals surface area contributed by atoms with Crippen LogP contribution in [0.15, 0.2) is 34.4 Å². The van der Waals surface area contributed by atoms with Crippen LogP contribution in [0.5, 0.6) is 0 Å². The molecule has 0 N–H and O–H groups in total. The largest absolute Gasteiger partial charge is 0.416 e. The van der Waals surface area contributed by atoms with Crippen LogP contribution in [0, 0.1) is 0 Å². The van der Waals surface area contributed by atoms with Gasteiger partial charge in [0.25, 0.3) is 5.91 Å². The van der Waals surface area contributed by atoms with Crippen molar-refractivity contribution in [2.45, 2.75) is 13.0 Å². The minimum atomic E-state index is -0.582. The van der Waals surface area contributed by atoms with E-state index in [4.69, 9.17) is 16.7 Å². The number of guanidine groups is 1. The van der Waals surface area contributed by atoms with Gasteiger partial charge in [-0.3, -0.25) is 19.5 Å². The molecule has 11 heteroatoms. The summed E-state index contributed by atoms with van der Waals surface area (Å²) in [5, 5.41) is 7.34. The maximum atomic E-state index is 12.9. The first-order valence-electron chi connectivity index (χ1n) is 11.2. The molecule has 10 nitrogen and oxygen atoms in total. The summed E-state index contributed by atoms with van der Waals surface area (Å²) in [4.78, 5) is 37.3. The Balaban J connectivity index is 1.26. The van der Waals surface area contributed by atoms with E-state index in [0.29, 0.717) is 24.9 Å². The standard InChI is InChI=1S/C22H28ClN8O2/c1-15-14-30-18-19(26(2)22(33)27(3)20(18)32)24-21(30)31(25-15)12-9-28-7-10-29(11-8-28)17-6-4-5-16(23)13-17/h4-6,13,18H,7-12,14H2,1-3H3/q+1. The average Bonchev–Trinajstić information content (AvgIpc) is 3.20. The number of hydrogen-bond acceptors (Lipinski definition) is 7. The zero-order valence-corrected chi connectivity index (χ0v) is 19.9. The summed E-state index contributed by atoms with van der Waals surface area (Å²) in [5.41, 5.74) is 2.07. The summed E-state index contributed by atoms with van der Waals surface area (Å²) in [5.74, 6) is 0.864. The first kappa shape index (κ1) is 21.8. The summed E-state index contributed by atoms with van der Waals surface area (Å²) >= 11 is 6.15. The first-order valence-corrected chi connectivity index (χ1v) is 11.5. The van der Waals surface area contributed by atoms with Crippen LogP contribution in [0.2, 0.25) is 5.02 Å². The number of fused-ring (bicyclic) bond motifs is 2. The number of piperazine rings is 1. The lowest BCUT2D eigenvalue weighted by molar-refractivity contribution is -0.527. The van der Waals surface area contributed by atoms with Crippen LogP contribution in [0.3, 0.4) is 0 Å². The van der Waals surface area contributed by atoms with Gasteiger partial charge in [-0.05, 0) is 25.1 Å². The van der Waals surface area contributed by atoms with Gasteiger partial charge in [0.05, 0.1) is 5.71 Å². The topological polar surface area (TPSA) is 78.1 Å². The molecule has 1 aromatic rings. The predicted octanol–water partition coefficient (Wildman–Crippen LogP) is 0.827. The van der Waals surface area contributed by atoms with E-state index in [1.807, 2.05) is 34.7 Å². The van der Waals surface area contributed by atoms with E-state index in [-0.39, 0.29) is 11.9 Å². The van der Waals surface area contributed by atoms with Crippen molar-refractivity contribution in [3.63, 3.8) is 0 Å². The van der Waals surface area contributed by atoms with E-state index in [1.165, 1.54) is 11.9 Å². The Morgan fingerprint density at radius 2 is 1.85 bits per heavy atom. The molecule has 33 heavy (non-hydrogen) atoms. The molecule has 2 saturated heterocycles. The zero-order chi connectivity index (χ0) is 23.3. The van der Waals surface area contributed by atoms with E-state index in [2.05, 4.69) is 20.9 Å². The van der Waals surface area contributed by atoms with Crippen molar-refractivity contribution in [3.8, 4) is 0 Å². The quantitative estimate of drug-likeness (QED) is 0.608. The van der Waals surface area contributed by atoms with Crippen LogP contribution in [-0.4, -0.2) is 120 Å². The van der Waals surface area contributed by atoms with Crippen molar-refractivity contribution in [3.05, 3.63) is 29.3 Å². The summed E-state index contributed by atoms with van der Waals surface area (Å²) in [6, 6.07) is 7.03. The number of aliphatic imine (C=N–C) groups is 1. The van der Waals surface area contributed by atoms with Gasteiger partial charge in [-0.25, -0.2) is 9.37 Å². The van der Waals surface area contributed by atoms with Gasteiger partial charge in [-0.1, -0.05) is 22.7 Å². The number of amides is 3. The molecule has 0 radical (unpaired) electrons. The number of nitrogens with zero attached hydrogens (tertiary/aromatic N) is 8. The maximum Gasteiger partial charge on any atom is 0.416 e. The number of anilines is 1. The molecule has 174 valence electrons. The van der Waals surface area contributed by atoms with Crippen LogP contribution in [0.1, 0.15) is 6.92 Å². The summed E-state index contributed by atoms with van der Waals surface area (Å²) in [7, 11) is 3.18. The van der Waals surface area contributed by atoms with Crippen LogP contribution in [0.4, 0.5) is 10.5 Å². The van der Waals surface area contributed by atoms with Crippen LogP contribution in [-0.2, 0) is 4.79 Å². The van der Waals surface area contributed by atoms with E-state index in [1.54, 1.807) is 7.05 Å². The van der Waals surface area contributed by atoms with Crippen molar-refractivity contribution in [1.29, 1.82) is 0 Å². The SMILES string of the molecule is CC1=NN(CCN2CCN(c3cccc(Cl)c3)CC2)C2=[N+](C1)C1C(=O)N(C)C(=O)N(C)C1=N2. The number of hydrazone groups is 1. The molecular formula is C22H28ClN8O2+. The highest BCUT2D eigenvalue weighted by molar-refractivity contribution is 6.30. The Morgan fingerprint density at radius 3 is 2.58 bits per heavy atom. The molecule has 4 heterocycles. The number of likely N-dealkylation sites (N-methyl/N-ethyl adjacent to an activating group) is 2. The highest BCUT2D eigenvalue weighted by Gasteiger charge is 2.53. The smallest absolute Gasteiger partial charge is 0.369 e. The van der Waals surface area contributed by atoms with Crippen LogP contribution >= 0.6 is 11.6 Å². The lowest BCUT2D eigenvalue weighted by Crippen LogP contribution is -2.62. The Morgan fingerprint density at radius 1 is 1.09 bits per heavy atom. The van der Waals surface area contributed by atoms with Gasteiger partial charge in [-0.15, -0.1) is 10.1 Å². The fourth-order valence-electron chi connectivity index (χ4n) is 4.77. The fourth-order valence-corrected chi connectivity index (χ4v) is 4.96. The number of halogens is 1. The zero-order valence-electron chi connectivity index (χ0n) is 19.1. The Labute approximate surface area is 198 Å². The lowest BCUT2D eigenvalue weighted by atomic mass is 10.1. The van der Waals surface area contributed by atoms with Crippen molar-refractivity contribution < 1.29 is 14.2 Å². The van der Waals surface area contributed by atoms with Crippen LogP contribution < -0.4 is 4.90 Å². The normalized spacial score (nSPS) is 23.7. The second-order valence-electron chi connectivity index (χ2n) is 8.81. The minimum Gasteiger partial charge on any atom is -0.369 e. The molecule has 0 aromatic heterocycles. The molecule has 4 aliphatic rings. The Hall–Kier alpha value is -2.98. The Kier molecular flexibility index (Phi) is 5.57. The molecule has 1 aromatic carbocycles. The third-order valence-electron chi connectivity index (χ3n) is 6.60. The molecular weight excluding hydrogens is 444 g/mol. The molecule has 4 aliphatic heterocycles. The molecule has 0 spiro atoms. The number of benzene rings is 1. The third kappa shape index (κ3) is 3.87. The van der Waals surface area contributed by atoms with Crippen molar-refractivity contribution in [2.75, 3.05) is 64.8 Å². The van der Waals surface area contributed by atoms with Gasteiger partial charge >= 0.3 is 12.0 Å². The van der Waals surface area contributed by atoms with Crippen molar-refractivity contribution in [1.82, 2.24) is 19.7 Å². The third-order valence-corrected chi connectivity index (χ3v) is 6.84. The van der Waals surface area contributed by atoms with Gasteiger partial charge in [0.15, 0.2) is 0 Å². The Bertz CT molecular complexity index is 1090. The molecule has 0 aliphatic carbocycles. The summed E-state index contributed by atoms with van der Waals surface area (Å²) in [6.07, 6.45) is 0. The van der Waals surface area contributed by atoms with Gasteiger partial charge in [0.1, 0.15) is 13.1 Å². The highest BCUT2D eigenvalue weighted by Crippen LogP contribution is 2.23. The minimum absolute atomic E-state index is 0.251. The molecule has 5 rings (SSSR count). The summed E-state index contributed by atoms with van der Waals surface area (Å²) in [6.45, 7) is 7.72. The van der Waals surface area contributed by atoms with Gasteiger partial charge in [-0.2, -0.15) is 0 Å². The number of carbonyl (C=O) groups is 2. The molecule has 3 amide bonds. The number of rotatable bonds is 4. The van der Waals surface area contributed by atoms with E-state index >= 15 is 0 Å². The first-order chi connectivity index (χ1) is 15.8.